The van der Waals surface area contributed by atoms with Crippen molar-refractivity contribution in [2.75, 3.05) is 27.2 Å². The summed E-state index contributed by atoms with van der Waals surface area (Å²) in [6, 6.07) is 5.87. The first-order valence-corrected chi connectivity index (χ1v) is 7.19. The SMILES string of the molecule is CN(Cc1cccc(F)c1Br)CC1CCCN1C. The summed E-state index contributed by atoms with van der Waals surface area (Å²) in [6.45, 7) is 3.02. The molecule has 1 saturated heterocycles. The minimum absolute atomic E-state index is 0.182. The van der Waals surface area contributed by atoms with E-state index in [9.17, 15) is 4.39 Å². The monoisotopic (exact) mass is 314 g/mol. The average molecular weight is 315 g/mol. The summed E-state index contributed by atoms with van der Waals surface area (Å²) in [6.07, 6.45) is 2.56. The van der Waals surface area contributed by atoms with Gasteiger partial charge in [-0.3, -0.25) is 0 Å². The smallest absolute Gasteiger partial charge is 0.137 e. The quantitative estimate of drug-likeness (QED) is 0.842. The molecular weight excluding hydrogens is 295 g/mol. The second-order valence-electron chi connectivity index (χ2n) is 5.19. The number of hydrogen-bond donors (Lipinski definition) is 0. The molecule has 4 heteroatoms. The molecular formula is C14H20BrFN2. The Balaban J connectivity index is 1.94. The van der Waals surface area contributed by atoms with Crippen molar-refractivity contribution in [2.45, 2.75) is 25.4 Å². The maximum Gasteiger partial charge on any atom is 0.137 e. The molecule has 0 saturated carbocycles. The molecule has 1 aromatic carbocycles. The molecule has 0 amide bonds. The summed E-state index contributed by atoms with van der Waals surface area (Å²) >= 11 is 3.32. The molecule has 1 fully saturated rings. The molecule has 2 rings (SSSR count). The van der Waals surface area contributed by atoms with E-state index in [1.807, 2.05) is 6.07 Å². The van der Waals surface area contributed by atoms with Gasteiger partial charge in [0.25, 0.3) is 0 Å². The van der Waals surface area contributed by atoms with Crippen LogP contribution in [0.4, 0.5) is 4.39 Å². The summed E-state index contributed by atoms with van der Waals surface area (Å²) in [5.41, 5.74) is 1.01. The van der Waals surface area contributed by atoms with Gasteiger partial charge in [-0.25, -0.2) is 4.39 Å². The van der Waals surface area contributed by atoms with Crippen molar-refractivity contribution in [3.63, 3.8) is 0 Å². The molecule has 1 atom stereocenters. The van der Waals surface area contributed by atoms with Gasteiger partial charge in [0.15, 0.2) is 0 Å². The van der Waals surface area contributed by atoms with E-state index in [1.54, 1.807) is 6.07 Å². The van der Waals surface area contributed by atoms with Gasteiger partial charge in [-0.2, -0.15) is 0 Å². The molecule has 1 aromatic rings. The van der Waals surface area contributed by atoms with Gasteiger partial charge < -0.3 is 9.80 Å². The highest BCUT2D eigenvalue weighted by Crippen LogP contribution is 2.22. The van der Waals surface area contributed by atoms with Crippen LogP contribution in [0.3, 0.4) is 0 Å². The van der Waals surface area contributed by atoms with Gasteiger partial charge in [0.05, 0.1) is 4.47 Å². The molecule has 0 aromatic heterocycles. The topological polar surface area (TPSA) is 6.48 Å². The lowest BCUT2D eigenvalue weighted by molar-refractivity contribution is 0.215. The van der Waals surface area contributed by atoms with E-state index in [0.29, 0.717) is 10.5 Å². The van der Waals surface area contributed by atoms with Crippen molar-refractivity contribution in [1.29, 1.82) is 0 Å². The highest BCUT2D eigenvalue weighted by Gasteiger charge is 2.22. The summed E-state index contributed by atoms with van der Waals surface area (Å²) in [5.74, 6) is -0.182. The number of benzene rings is 1. The Kier molecular flexibility index (Phi) is 4.76. The Hall–Kier alpha value is -0.450. The molecule has 1 aliphatic rings. The maximum absolute atomic E-state index is 13.4. The van der Waals surface area contributed by atoms with Crippen molar-refractivity contribution in [3.8, 4) is 0 Å². The standard InChI is InChI=1S/C14H20BrFN2/c1-17(10-12-6-4-8-18(12)2)9-11-5-3-7-13(16)14(11)15/h3,5,7,12H,4,6,8-10H2,1-2H3. The Morgan fingerprint density at radius 1 is 1.50 bits per heavy atom. The Labute approximate surface area is 117 Å². The van der Waals surface area contributed by atoms with Crippen molar-refractivity contribution in [1.82, 2.24) is 9.80 Å². The van der Waals surface area contributed by atoms with Gasteiger partial charge >= 0.3 is 0 Å². The first-order valence-electron chi connectivity index (χ1n) is 6.39. The summed E-state index contributed by atoms with van der Waals surface area (Å²) in [7, 11) is 4.28. The van der Waals surface area contributed by atoms with Gasteiger partial charge in [-0.1, -0.05) is 12.1 Å². The summed E-state index contributed by atoms with van der Waals surface area (Å²) < 4.78 is 14.0. The van der Waals surface area contributed by atoms with Crippen LogP contribution in [-0.2, 0) is 6.54 Å². The molecule has 2 nitrogen and oxygen atoms in total. The Bertz CT molecular complexity index is 411. The van der Waals surface area contributed by atoms with E-state index in [-0.39, 0.29) is 5.82 Å². The Morgan fingerprint density at radius 2 is 2.28 bits per heavy atom. The van der Waals surface area contributed by atoms with E-state index in [2.05, 4.69) is 39.8 Å². The molecule has 0 N–H and O–H groups in total. The fourth-order valence-corrected chi connectivity index (χ4v) is 2.99. The molecule has 100 valence electrons. The zero-order valence-corrected chi connectivity index (χ0v) is 12.6. The highest BCUT2D eigenvalue weighted by atomic mass is 79.9. The third-order valence-electron chi connectivity index (χ3n) is 3.67. The number of likely N-dealkylation sites (N-methyl/N-ethyl adjacent to an activating group) is 2. The normalized spacial score (nSPS) is 20.8. The second kappa shape index (κ2) is 6.13. The predicted octanol–water partition coefficient (Wildman–Crippen LogP) is 3.11. The lowest BCUT2D eigenvalue weighted by atomic mass is 10.1. The van der Waals surface area contributed by atoms with Crippen LogP contribution in [0.2, 0.25) is 0 Å². The van der Waals surface area contributed by atoms with Crippen LogP contribution < -0.4 is 0 Å². The van der Waals surface area contributed by atoms with E-state index in [4.69, 9.17) is 0 Å². The number of likely N-dealkylation sites (tertiary alicyclic amines) is 1. The molecule has 0 radical (unpaired) electrons. The van der Waals surface area contributed by atoms with Crippen LogP contribution in [0, 0.1) is 5.82 Å². The number of nitrogens with zero attached hydrogens (tertiary/aromatic N) is 2. The van der Waals surface area contributed by atoms with Crippen LogP contribution in [-0.4, -0.2) is 43.0 Å². The second-order valence-corrected chi connectivity index (χ2v) is 5.98. The molecule has 18 heavy (non-hydrogen) atoms. The van der Waals surface area contributed by atoms with E-state index >= 15 is 0 Å². The van der Waals surface area contributed by atoms with E-state index < -0.39 is 0 Å². The van der Waals surface area contributed by atoms with E-state index in [0.717, 1.165) is 18.7 Å². The lowest BCUT2D eigenvalue weighted by Gasteiger charge is -2.26. The largest absolute Gasteiger partial charge is 0.302 e. The third kappa shape index (κ3) is 3.31. The van der Waals surface area contributed by atoms with Crippen LogP contribution in [0.5, 0.6) is 0 Å². The minimum Gasteiger partial charge on any atom is -0.302 e. The van der Waals surface area contributed by atoms with Crippen LogP contribution in [0.15, 0.2) is 22.7 Å². The fourth-order valence-electron chi connectivity index (χ4n) is 2.60. The van der Waals surface area contributed by atoms with Crippen LogP contribution >= 0.6 is 15.9 Å². The zero-order chi connectivity index (χ0) is 13.1. The molecule has 1 aliphatic heterocycles. The molecule has 0 aliphatic carbocycles. The summed E-state index contributed by atoms with van der Waals surface area (Å²) in [5, 5.41) is 0. The van der Waals surface area contributed by atoms with Gasteiger partial charge in [0.1, 0.15) is 5.82 Å². The molecule has 0 spiro atoms. The highest BCUT2D eigenvalue weighted by molar-refractivity contribution is 9.10. The number of halogens is 2. The lowest BCUT2D eigenvalue weighted by Crippen LogP contribution is -2.36. The fraction of sp³-hybridized carbons (Fsp3) is 0.571. The number of hydrogen-bond acceptors (Lipinski definition) is 2. The van der Waals surface area contributed by atoms with E-state index in [1.165, 1.54) is 25.5 Å². The number of rotatable bonds is 4. The third-order valence-corrected chi connectivity index (χ3v) is 4.55. The van der Waals surface area contributed by atoms with Gasteiger partial charge in [0, 0.05) is 19.1 Å². The minimum atomic E-state index is -0.182. The molecule has 1 heterocycles. The first kappa shape index (κ1) is 14.0. The summed E-state index contributed by atoms with van der Waals surface area (Å²) in [4.78, 5) is 4.68. The van der Waals surface area contributed by atoms with Gasteiger partial charge in [-0.05, 0) is 61.0 Å². The zero-order valence-electron chi connectivity index (χ0n) is 11.0. The predicted molar refractivity (Wildman–Crippen MR) is 76.1 cm³/mol. The van der Waals surface area contributed by atoms with Crippen LogP contribution in [0.25, 0.3) is 0 Å². The van der Waals surface area contributed by atoms with Crippen molar-refractivity contribution < 1.29 is 4.39 Å². The van der Waals surface area contributed by atoms with Crippen LogP contribution in [0.1, 0.15) is 18.4 Å². The Morgan fingerprint density at radius 3 is 2.94 bits per heavy atom. The van der Waals surface area contributed by atoms with Crippen molar-refractivity contribution in [2.24, 2.45) is 0 Å². The van der Waals surface area contributed by atoms with Crippen molar-refractivity contribution >= 4 is 15.9 Å². The molecule has 0 bridgehead atoms. The average Bonchev–Trinajstić information content (AvgIpc) is 2.71. The first-order chi connectivity index (χ1) is 8.58. The van der Waals surface area contributed by atoms with Gasteiger partial charge in [0.2, 0.25) is 0 Å². The van der Waals surface area contributed by atoms with Crippen molar-refractivity contribution in [3.05, 3.63) is 34.1 Å². The maximum atomic E-state index is 13.4. The van der Waals surface area contributed by atoms with Gasteiger partial charge in [-0.15, -0.1) is 0 Å². The molecule has 1 unspecified atom stereocenters.